The molecule has 0 spiro atoms. The fraction of sp³-hybridized carbons (Fsp3) is 0.733. The Bertz CT molecular complexity index is 462. The average Bonchev–Trinajstić information content (AvgIpc) is 2.96. The molecule has 118 valence electrons. The Morgan fingerprint density at radius 1 is 1.52 bits per heavy atom. The molecule has 1 saturated heterocycles. The van der Waals surface area contributed by atoms with E-state index in [1.165, 1.54) is 0 Å². The summed E-state index contributed by atoms with van der Waals surface area (Å²) in [5, 5.41) is 10.1. The van der Waals surface area contributed by atoms with Gasteiger partial charge >= 0.3 is 0 Å². The number of nitrogens with zero attached hydrogens (tertiary/aromatic N) is 1. The van der Waals surface area contributed by atoms with Gasteiger partial charge in [-0.3, -0.25) is 9.89 Å². The summed E-state index contributed by atoms with van der Waals surface area (Å²) in [5.74, 6) is 1.30. The van der Waals surface area contributed by atoms with Crippen molar-refractivity contribution >= 4 is 17.7 Å². The number of carbonyl (C=O) groups excluding carboxylic acids is 1. The second-order valence-corrected chi connectivity index (χ2v) is 7.51. The van der Waals surface area contributed by atoms with Crippen molar-refractivity contribution in [1.29, 1.82) is 0 Å². The molecule has 0 aromatic carbocycles. The molecule has 1 aliphatic rings. The Morgan fingerprint density at radius 2 is 2.24 bits per heavy atom. The van der Waals surface area contributed by atoms with Crippen molar-refractivity contribution in [2.45, 2.75) is 44.3 Å². The minimum atomic E-state index is -0.0966. The fourth-order valence-electron chi connectivity index (χ4n) is 2.50. The molecular formula is C15H25N3O2S. The van der Waals surface area contributed by atoms with E-state index in [1.807, 2.05) is 17.8 Å². The SMILES string of the molecule is CCSC1(CNC(=O)c2cc(C(C)C)[nH]n2)CCOCC1. The number of hydrogen-bond acceptors (Lipinski definition) is 4. The quantitative estimate of drug-likeness (QED) is 0.847. The number of thioether (sulfide) groups is 1. The number of amides is 1. The third kappa shape index (κ3) is 4.23. The maximum Gasteiger partial charge on any atom is 0.271 e. The maximum absolute atomic E-state index is 12.2. The van der Waals surface area contributed by atoms with Crippen LogP contribution in [-0.4, -0.2) is 46.4 Å². The molecule has 1 amide bonds. The molecule has 2 N–H and O–H groups in total. The summed E-state index contributed by atoms with van der Waals surface area (Å²) >= 11 is 1.92. The largest absolute Gasteiger partial charge is 0.381 e. The second kappa shape index (κ2) is 7.31. The molecular weight excluding hydrogens is 286 g/mol. The van der Waals surface area contributed by atoms with Crippen LogP contribution in [0.25, 0.3) is 0 Å². The van der Waals surface area contributed by atoms with Gasteiger partial charge < -0.3 is 10.1 Å². The summed E-state index contributed by atoms with van der Waals surface area (Å²) in [7, 11) is 0. The zero-order valence-electron chi connectivity index (χ0n) is 13.1. The molecule has 1 aromatic heterocycles. The molecule has 0 saturated carbocycles. The molecule has 6 heteroatoms. The first-order chi connectivity index (χ1) is 10.1. The first-order valence-electron chi connectivity index (χ1n) is 7.61. The van der Waals surface area contributed by atoms with E-state index in [1.54, 1.807) is 0 Å². The van der Waals surface area contributed by atoms with Crippen molar-refractivity contribution in [3.8, 4) is 0 Å². The standard InChI is InChI=1S/C15H25N3O2S/c1-4-21-15(5-7-20-8-6-15)10-16-14(19)13-9-12(11(2)3)17-18-13/h9,11H,4-8,10H2,1-3H3,(H,16,19)(H,17,18). The number of hydrogen-bond donors (Lipinski definition) is 2. The van der Waals surface area contributed by atoms with Crippen LogP contribution in [0.2, 0.25) is 0 Å². The monoisotopic (exact) mass is 311 g/mol. The molecule has 0 aliphatic carbocycles. The molecule has 21 heavy (non-hydrogen) atoms. The van der Waals surface area contributed by atoms with Crippen molar-refractivity contribution in [1.82, 2.24) is 15.5 Å². The Kier molecular flexibility index (Phi) is 5.70. The van der Waals surface area contributed by atoms with E-state index in [0.717, 1.165) is 37.5 Å². The van der Waals surface area contributed by atoms with Gasteiger partial charge in [-0.25, -0.2) is 0 Å². The third-order valence-electron chi connectivity index (χ3n) is 3.88. The van der Waals surface area contributed by atoms with Gasteiger partial charge in [0, 0.05) is 30.2 Å². The molecule has 1 aliphatic heterocycles. The summed E-state index contributed by atoms with van der Waals surface area (Å²) in [5.41, 5.74) is 1.46. The molecule has 2 heterocycles. The van der Waals surface area contributed by atoms with E-state index >= 15 is 0 Å². The molecule has 0 radical (unpaired) electrons. The number of H-pyrrole nitrogens is 1. The number of nitrogens with one attached hydrogen (secondary N) is 2. The molecule has 1 aromatic rings. The van der Waals surface area contributed by atoms with Crippen molar-refractivity contribution in [2.75, 3.05) is 25.5 Å². The van der Waals surface area contributed by atoms with E-state index < -0.39 is 0 Å². The summed E-state index contributed by atoms with van der Waals surface area (Å²) in [6.07, 6.45) is 1.98. The molecule has 1 fully saturated rings. The number of aromatic nitrogens is 2. The lowest BCUT2D eigenvalue weighted by molar-refractivity contribution is 0.0740. The van der Waals surface area contributed by atoms with E-state index in [4.69, 9.17) is 4.74 Å². The zero-order valence-corrected chi connectivity index (χ0v) is 13.9. The van der Waals surface area contributed by atoms with Gasteiger partial charge in [0.2, 0.25) is 0 Å². The molecule has 5 nitrogen and oxygen atoms in total. The maximum atomic E-state index is 12.2. The highest BCUT2D eigenvalue weighted by Gasteiger charge is 2.33. The van der Waals surface area contributed by atoms with Crippen LogP contribution < -0.4 is 5.32 Å². The second-order valence-electron chi connectivity index (χ2n) is 5.77. The Hall–Kier alpha value is -1.01. The van der Waals surface area contributed by atoms with Gasteiger partial charge in [-0.15, -0.1) is 0 Å². The highest BCUT2D eigenvalue weighted by Crippen LogP contribution is 2.34. The molecule has 0 atom stereocenters. The lowest BCUT2D eigenvalue weighted by Crippen LogP contribution is -2.44. The Labute approximate surface area is 130 Å². The van der Waals surface area contributed by atoms with Crippen LogP contribution >= 0.6 is 11.8 Å². The van der Waals surface area contributed by atoms with Crippen LogP contribution in [0.1, 0.15) is 55.7 Å². The Balaban J connectivity index is 1.94. The Morgan fingerprint density at radius 3 is 2.81 bits per heavy atom. The van der Waals surface area contributed by atoms with Gasteiger partial charge in [0.25, 0.3) is 5.91 Å². The highest BCUT2D eigenvalue weighted by atomic mass is 32.2. The van der Waals surface area contributed by atoms with Gasteiger partial charge in [0.15, 0.2) is 0 Å². The lowest BCUT2D eigenvalue weighted by atomic mass is 9.99. The predicted molar refractivity (Wildman–Crippen MR) is 85.9 cm³/mol. The molecule has 2 rings (SSSR count). The van der Waals surface area contributed by atoms with E-state index in [0.29, 0.717) is 18.2 Å². The summed E-state index contributed by atoms with van der Waals surface area (Å²) < 4.78 is 5.56. The molecule has 0 unspecified atom stereocenters. The first-order valence-corrected chi connectivity index (χ1v) is 8.60. The average molecular weight is 311 g/mol. The van der Waals surface area contributed by atoms with Crippen LogP contribution in [0.4, 0.5) is 0 Å². The number of carbonyl (C=O) groups is 1. The van der Waals surface area contributed by atoms with Crippen LogP contribution in [0.3, 0.4) is 0 Å². The van der Waals surface area contributed by atoms with Gasteiger partial charge in [-0.1, -0.05) is 20.8 Å². The minimum Gasteiger partial charge on any atom is -0.381 e. The van der Waals surface area contributed by atoms with Gasteiger partial charge in [-0.2, -0.15) is 16.9 Å². The van der Waals surface area contributed by atoms with Crippen LogP contribution in [0, 0.1) is 0 Å². The van der Waals surface area contributed by atoms with Crippen LogP contribution in [0.15, 0.2) is 6.07 Å². The van der Waals surface area contributed by atoms with Crippen molar-refractivity contribution < 1.29 is 9.53 Å². The summed E-state index contributed by atoms with van der Waals surface area (Å²) in [6, 6.07) is 1.84. The predicted octanol–water partition coefficient (Wildman–Crippen LogP) is 2.57. The topological polar surface area (TPSA) is 67.0 Å². The number of aromatic amines is 1. The van der Waals surface area contributed by atoms with E-state index in [-0.39, 0.29) is 10.7 Å². The van der Waals surface area contributed by atoms with E-state index in [9.17, 15) is 4.79 Å². The van der Waals surface area contributed by atoms with Crippen LogP contribution in [0.5, 0.6) is 0 Å². The normalized spacial score (nSPS) is 17.9. The van der Waals surface area contributed by atoms with Crippen LogP contribution in [-0.2, 0) is 4.74 Å². The van der Waals surface area contributed by atoms with Crippen molar-refractivity contribution in [3.63, 3.8) is 0 Å². The number of rotatable bonds is 6. The molecule has 0 bridgehead atoms. The van der Waals surface area contributed by atoms with Gasteiger partial charge in [-0.05, 0) is 30.6 Å². The van der Waals surface area contributed by atoms with Gasteiger partial charge in [0.1, 0.15) is 5.69 Å². The van der Waals surface area contributed by atoms with E-state index in [2.05, 4.69) is 36.3 Å². The van der Waals surface area contributed by atoms with Gasteiger partial charge in [0.05, 0.1) is 0 Å². The minimum absolute atomic E-state index is 0.0966. The first kappa shape index (κ1) is 16.4. The summed E-state index contributed by atoms with van der Waals surface area (Å²) in [6.45, 7) is 8.55. The zero-order chi connectivity index (χ0) is 15.3. The van der Waals surface area contributed by atoms with Crippen molar-refractivity contribution in [3.05, 3.63) is 17.5 Å². The number of ether oxygens (including phenoxy) is 1. The highest BCUT2D eigenvalue weighted by molar-refractivity contribution is 8.00. The van der Waals surface area contributed by atoms with Crippen molar-refractivity contribution in [2.24, 2.45) is 0 Å². The third-order valence-corrected chi connectivity index (χ3v) is 5.33. The smallest absolute Gasteiger partial charge is 0.271 e. The summed E-state index contributed by atoms with van der Waals surface area (Å²) in [4.78, 5) is 12.2. The fourth-order valence-corrected chi connectivity index (χ4v) is 3.74. The lowest BCUT2D eigenvalue weighted by Gasteiger charge is -2.36.